The van der Waals surface area contributed by atoms with Crippen LogP contribution in [0, 0.1) is 5.92 Å². The molecule has 0 atom stereocenters. The number of nitrogens with zero attached hydrogens (tertiary/aromatic N) is 1. The number of halogens is 4. The molecular formula is C22H28F3IN4O2. The lowest BCUT2D eigenvalue weighted by Crippen LogP contribution is -2.36. The number of ether oxygens (including phenoxy) is 1. The molecule has 0 aromatic heterocycles. The second kappa shape index (κ2) is 13.1. The summed E-state index contributed by atoms with van der Waals surface area (Å²) in [6.07, 6.45) is -4.36. The molecule has 0 saturated carbocycles. The van der Waals surface area contributed by atoms with Crippen molar-refractivity contribution < 1.29 is 22.7 Å². The molecule has 0 radical (unpaired) electrons. The molecule has 3 N–H and O–H groups in total. The maximum atomic E-state index is 12.2. The minimum absolute atomic E-state index is 0. The van der Waals surface area contributed by atoms with Gasteiger partial charge in [-0.05, 0) is 35.4 Å². The van der Waals surface area contributed by atoms with E-state index in [1.807, 2.05) is 38.1 Å². The van der Waals surface area contributed by atoms with Gasteiger partial charge in [-0.25, -0.2) is 0 Å². The van der Waals surface area contributed by atoms with Gasteiger partial charge in [0.2, 0.25) is 5.91 Å². The fourth-order valence-corrected chi connectivity index (χ4v) is 2.45. The van der Waals surface area contributed by atoms with Gasteiger partial charge in [0.15, 0.2) is 12.6 Å². The number of anilines is 1. The SMILES string of the molecule is CN=C(NCc1ccc(NC(=O)C(C)C)cc1)NCc1ccc(OCC(F)(F)F)cc1.I. The number of aliphatic imine (C=N–C) groups is 1. The van der Waals surface area contributed by atoms with Crippen molar-refractivity contribution >= 4 is 41.5 Å². The minimum atomic E-state index is -4.36. The number of amides is 1. The summed E-state index contributed by atoms with van der Waals surface area (Å²) in [4.78, 5) is 15.9. The molecule has 0 aliphatic heterocycles. The molecule has 0 aliphatic carbocycles. The number of alkyl halides is 3. The molecule has 1 amide bonds. The van der Waals surface area contributed by atoms with Crippen molar-refractivity contribution in [2.45, 2.75) is 33.1 Å². The number of rotatable bonds is 8. The van der Waals surface area contributed by atoms with Crippen molar-refractivity contribution in [1.82, 2.24) is 10.6 Å². The first-order chi connectivity index (χ1) is 14.7. The van der Waals surface area contributed by atoms with E-state index in [2.05, 4.69) is 20.9 Å². The van der Waals surface area contributed by atoms with Crippen molar-refractivity contribution in [1.29, 1.82) is 0 Å². The maximum absolute atomic E-state index is 12.2. The van der Waals surface area contributed by atoms with Crippen molar-refractivity contribution in [3.63, 3.8) is 0 Å². The van der Waals surface area contributed by atoms with Crippen LogP contribution in [0.3, 0.4) is 0 Å². The number of carbonyl (C=O) groups excluding carboxylic acids is 1. The van der Waals surface area contributed by atoms with Crippen LogP contribution in [0.4, 0.5) is 18.9 Å². The summed E-state index contributed by atoms with van der Waals surface area (Å²) in [5.74, 6) is 0.626. The first kappa shape index (κ1) is 27.5. The number of carbonyl (C=O) groups is 1. The third-order valence-corrected chi connectivity index (χ3v) is 4.22. The summed E-state index contributed by atoms with van der Waals surface area (Å²) in [5, 5.41) is 9.17. The average Bonchev–Trinajstić information content (AvgIpc) is 2.73. The van der Waals surface area contributed by atoms with Gasteiger partial charge >= 0.3 is 6.18 Å². The van der Waals surface area contributed by atoms with Crippen molar-refractivity contribution in [2.24, 2.45) is 10.9 Å². The monoisotopic (exact) mass is 564 g/mol. The normalized spacial score (nSPS) is 11.5. The molecule has 0 heterocycles. The van der Waals surface area contributed by atoms with Crippen LogP contribution in [0.25, 0.3) is 0 Å². The van der Waals surface area contributed by atoms with Crippen LogP contribution in [0.5, 0.6) is 5.75 Å². The Balaban J connectivity index is 0.00000512. The molecule has 2 aromatic rings. The van der Waals surface area contributed by atoms with E-state index in [0.29, 0.717) is 19.0 Å². The summed E-state index contributed by atoms with van der Waals surface area (Å²) >= 11 is 0. The second-order valence-electron chi connectivity index (χ2n) is 7.17. The Hall–Kier alpha value is -2.50. The zero-order valence-electron chi connectivity index (χ0n) is 18.1. The number of hydrogen-bond acceptors (Lipinski definition) is 3. The van der Waals surface area contributed by atoms with E-state index < -0.39 is 12.8 Å². The molecule has 0 spiro atoms. The fraction of sp³-hybridized carbons (Fsp3) is 0.364. The molecule has 2 rings (SSSR count). The fourth-order valence-electron chi connectivity index (χ4n) is 2.45. The van der Waals surface area contributed by atoms with Crippen LogP contribution in [-0.4, -0.2) is 31.7 Å². The van der Waals surface area contributed by atoms with Gasteiger partial charge in [0, 0.05) is 31.7 Å². The predicted octanol–water partition coefficient (Wildman–Crippen LogP) is 4.71. The van der Waals surface area contributed by atoms with Crippen LogP contribution in [0.1, 0.15) is 25.0 Å². The summed E-state index contributed by atoms with van der Waals surface area (Å²) in [6.45, 7) is 3.33. The van der Waals surface area contributed by atoms with E-state index in [1.165, 1.54) is 12.1 Å². The predicted molar refractivity (Wildman–Crippen MR) is 130 cm³/mol. The van der Waals surface area contributed by atoms with Gasteiger partial charge < -0.3 is 20.7 Å². The Morgan fingerprint density at radius 1 is 0.969 bits per heavy atom. The minimum Gasteiger partial charge on any atom is -0.484 e. The first-order valence-corrected chi connectivity index (χ1v) is 9.79. The Labute approximate surface area is 203 Å². The zero-order chi connectivity index (χ0) is 22.9. The van der Waals surface area contributed by atoms with Crippen molar-refractivity contribution in [3.05, 3.63) is 59.7 Å². The van der Waals surface area contributed by atoms with Gasteiger partial charge in [0.05, 0.1) is 0 Å². The molecule has 0 saturated heterocycles. The van der Waals surface area contributed by atoms with E-state index in [4.69, 9.17) is 4.74 Å². The summed E-state index contributed by atoms with van der Waals surface area (Å²) in [7, 11) is 1.65. The molecule has 0 bridgehead atoms. The second-order valence-corrected chi connectivity index (χ2v) is 7.17. The van der Waals surface area contributed by atoms with Gasteiger partial charge in [-0.1, -0.05) is 38.1 Å². The smallest absolute Gasteiger partial charge is 0.422 e. The molecule has 0 unspecified atom stereocenters. The molecular weight excluding hydrogens is 536 g/mol. The number of guanidine groups is 1. The third-order valence-electron chi connectivity index (χ3n) is 4.22. The number of nitrogens with one attached hydrogen (secondary N) is 3. The van der Waals surface area contributed by atoms with E-state index in [0.717, 1.165) is 16.8 Å². The highest BCUT2D eigenvalue weighted by Crippen LogP contribution is 2.18. The van der Waals surface area contributed by atoms with Crippen LogP contribution in [-0.2, 0) is 17.9 Å². The summed E-state index contributed by atoms with van der Waals surface area (Å²) in [6, 6.07) is 13.9. The van der Waals surface area contributed by atoms with Crippen molar-refractivity contribution in [2.75, 3.05) is 19.0 Å². The molecule has 0 fully saturated rings. The van der Waals surface area contributed by atoms with Crippen LogP contribution in [0.2, 0.25) is 0 Å². The highest BCUT2D eigenvalue weighted by Gasteiger charge is 2.28. The van der Waals surface area contributed by atoms with E-state index in [-0.39, 0.29) is 41.6 Å². The van der Waals surface area contributed by atoms with E-state index in [1.54, 1.807) is 19.2 Å². The third kappa shape index (κ3) is 10.2. The molecule has 32 heavy (non-hydrogen) atoms. The first-order valence-electron chi connectivity index (χ1n) is 9.79. The summed E-state index contributed by atoms with van der Waals surface area (Å²) in [5.41, 5.74) is 2.62. The number of hydrogen-bond donors (Lipinski definition) is 3. The Kier molecular flexibility index (Phi) is 11.3. The molecule has 176 valence electrons. The van der Waals surface area contributed by atoms with Crippen molar-refractivity contribution in [3.8, 4) is 5.75 Å². The van der Waals surface area contributed by atoms with Gasteiger partial charge in [0.1, 0.15) is 5.75 Å². The highest BCUT2D eigenvalue weighted by atomic mass is 127. The lowest BCUT2D eigenvalue weighted by molar-refractivity contribution is -0.153. The van der Waals surface area contributed by atoms with E-state index >= 15 is 0 Å². The Morgan fingerprint density at radius 2 is 1.47 bits per heavy atom. The van der Waals surface area contributed by atoms with Crippen LogP contribution in [0.15, 0.2) is 53.5 Å². The van der Waals surface area contributed by atoms with Crippen LogP contribution < -0.4 is 20.7 Å². The quantitative estimate of drug-likeness (QED) is 0.247. The van der Waals surface area contributed by atoms with E-state index in [9.17, 15) is 18.0 Å². The topological polar surface area (TPSA) is 74.8 Å². The highest BCUT2D eigenvalue weighted by molar-refractivity contribution is 14.0. The van der Waals surface area contributed by atoms with Gasteiger partial charge in [-0.3, -0.25) is 9.79 Å². The lowest BCUT2D eigenvalue weighted by atomic mass is 10.1. The van der Waals surface area contributed by atoms with Crippen LogP contribution >= 0.6 is 24.0 Å². The van der Waals surface area contributed by atoms with Gasteiger partial charge in [0.25, 0.3) is 0 Å². The maximum Gasteiger partial charge on any atom is 0.422 e. The Morgan fingerprint density at radius 3 is 1.91 bits per heavy atom. The molecule has 0 aliphatic rings. The Bertz CT molecular complexity index is 870. The largest absolute Gasteiger partial charge is 0.484 e. The summed E-state index contributed by atoms with van der Waals surface area (Å²) < 4.78 is 41.3. The molecule has 2 aromatic carbocycles. The number of benzene rings is 2. The van der Waals surface area contributed by atoms with Gasteiger partial charge in [-0.15, -0.1) is 24.0 Å². The van der Waals surface area contributed by atoms with Gasteiger partial charge in [-0.2, -0.15) is 13.2 Å². The zero-order valence-corrected chi connectivity index (χ0v) is 20.5. The molecule has 10 heteroatoms. The standard InChI is InChI=1S/C22H27F3N4O2.HI/c1-15(2)20(30)29-18-8-4-16(5-9-18)12-27-21(26-3)28-13-17-6-10-19(11-7-17)31-14-22(23,24)25;/h4-11,15H,12-14H2,1-3H3,(H,29,30)(H2,26,27,28);1H. The molecule has 6 nitrogen and oxygen atoms in total. The average molecular weight is 564 g/mol. The lowest BCUT2D eigenvalue weighted by Gasteiger charge is -2.13.